The van der Waals surface area contributed by atoms with Gasteiger partial charge in [0.05, 0.1) is 11.1 Å². The fourth-order valence-electron chi connectivity index (χ4n) is 2.36. The highest BCUT2D eigenvalue weighted by atomic mass is 16.6. The van der Waals surface area contributed by atoms with E-state index in [0.717, 1.165) is 16.7 Å². The summed E-state index contributed by atoms with van der Waals surface area (Å²) in [5.74, 6) is -0.399. The Bertz CT molecular complexity index is 791. The van der Waals surface area contributed by atoms with Crippen molar-refractivity contribution in [1.29, 1.82) is 0 Å². The molecule has 2 aromatic rings. The normalized spacial score (nSPS) is 12.4. The summed E-state index contributed by atoms with van der Waals surface area (Å²) in [7, 11) is 0. The lowest BCUT2D eigenvalue weighted by Crippen LogP contribution is -1.97. The molecule has 5 nitrogen and oxygen atoms in total. The Hall–Kier alpha value is -2.69. The fourth-order valence-corrected chi connectivity index (χ4v) is 2.36. The van der Waals surface area contributed by atoms with Gasteiger partial charge in [0, 0.05) is 6.07 Å². The summed E-state index contributed by atoms with van der Waals surface area (Å²) < 4.78 is 9.19. The molecule has 1 aromatic heterocycles. The highest BCUT2D eigenvalue weighted by molar-refractivity contribution is 6.15. The quantitative estimate of drug-likeness (QED) is 0.552. The predicted molar refractivity (Wildman–Crippen MR) is 80.1 cm³/mol. The third-order valence-corrected chi connectivity index (χ3v) is 3.13. The molecule has 2 heterocycles. The van der Waals surface area contributed by atoms with E-state index in [2.05, 4.69) is 4.74 Å². The third kappa shape index (κ3) is 3.31. The standard InChI is InChI=1S/C10H8O3.C7H8O2/c1-5-3-6(2)8-7(4-5)9(11)13-10(8)12;1-5-3-6(2)9-7(8)4-5/h3-4H,1-2H3;3-4H,1-2H3. The average Bonchev–Trinajstić information content (AvgIpc) is 2.63. The van der Waals surface area contributed by atoms with Gasteiger partial charge in [-0.05, 0) is 56.5 Å². The number of carbonyl (C=O) groups excluding carboxylic acids is 2. The number of cyclic esters (lactones) is 2. The number of fused-ring (bicyclic) bond motifs is 1. The van der Waals surface area contributed by atoms with Gasteiger partial charge in [-0.15, -0.1) is 0 Å². The van der Waals surface area contributed by atoms with E-state index in [9.17, 15) is 14.4 Å². The van der Waals surface area contributed by atoms with Crippen LogP contribution >= 0.6 is 0 Å². The molecule has 114 valence electrons. The first kappa shape index (κ1) is 15.7. The van der Waals surface area contributed by atoms with Crippen molar-refractivity contribution in [3.8, 4) is 0 Å². The number of ether oxygens (including phenoxy) is 1. The molecule has 22 heavy (non-hydrogen) atoms. The van der Waals surface area contributed by atoms with Gasteiger partial charge in [-0.1, -0.05) is 6.07 Å². The Labute approximate surface area is 127 Å². The molecule has 1 aliphatic heterocycles. The van der Waals surface area contributed by atoms with Crippen LogP contribution in [0.5, 0.6) is 0 Å². The molecule has 0 radical (unpaired) electrons. The zero-order valence-corrected chi connectivity index (χ0v) is 12.9. The molecule has 0 bridgehead atoms. The van der Waals surface area contributed by atoms with Crippen LogP contribution in [0.4, 0.5) is 0 Å². The van der Waals surface area contributed by atoms with Gasteiger partial charge >= 0.3 is 17.6 Å². The van der Waals surface area contributed by atoms with Gasteiger partial charge in [-0.25, -0.2) is 14.4 Å². The van der Waals surface area contributed by atoms with E-state index in [4.69, 9.17) is 4.42 Å². The fraction of sp³-hybridized carbons (Fsp3) is 0.235. The van der Waals surface area contributed by atoms with Gasteiger partial charge in [0.2, 0.25) is 0 Å². The second kappa shape index (κ2) is 5.97. The average molecular weight is 300 g/mol. The zero-order chi connectivity index (χ0) is 16.4. The van der Waals surface area contributed by atoms with Gasteiger partial charge < -0.3 is 9.15 Å². The van der Waals surface area contributed by atoms with Gasteiger partial charge in [0.25, 0.3) is 0 Å². The molecule has 0 atom stereocenters. The van der Waals surface area contributed by atoms with Crippen molar-refractivity contribution in [3.63, 3.8) is 0 Å². The van der Waals surface area contributed by atoms with Crippen LogP contribution in [0.15, 0.2) is 33.5 Å². The molecular weight excluding hydrogens is 284 g/mol. The molecular formula is C17H16O5. The van der Waals surface area contributed by atoms with Crippen LogP contribution in [0.3, 0.4) is 0 Å². The largest absolute Gasteiger partial charge is 0.428 e. The maximum absolute atomic E-state index is 11.2. The van der Waals surface area contributed by atoms with Crippen LogP contribution in [-0.4, -0.2) is 11.9 Å². The first-order chi connectivity index (χ1) is 10.3. The number of rotatable bonds is 0. The molecule has 5 heteroatoms. The summed E-state index contributed by atoms with van der Waals surface area (Å²) in [6.07, 6.45) is 0. The molecule has 3 rings (SSSR count). The summed E-state index contributed by atoms with van der Waals surface area (Å²) in [5, 5.41) is 0. The minimum absolute atomic E-state index is 0.271. The summed E-state index contributed by atoms with van der Waals surface area (Å²) >= 11 is 0. The molecule has 0 fully saturated rings. The molecule has 1 aliphatic rings. The number of aryl methyl sites for hydroxylation is 4. The van der Waals surface area contributed by atoms with E-state index >= 15 is 0 Å². The van der Waals surface area contributed by atoms with Crippen molar-refractivity contribution in [3.05, 3.63) is 68.3 Å². The molecule has 1 aromatic carbocycles. The van der Waals surface area contributed by atoms with Gasteiger partial charge in [0.1, 0.15) is 5.76 Å². The lowest BCUT2D eigenvalue weighted by atomic mass is 10.0. The Balaban J connectivity index is 0.000000172. The summed E-state index contributed by atoms with van der Waals surface area (Å²) in [5.41, 5.74) is 3.24. The van der Waals surface area contributed by atoms with Crippen LogP contribution in [0.2, 0.25) is 0 Å². The van der Waals surface area contributed by atoms with Gasteiger partial charge in [-0.3, -0.25) is 0 Å². The first-order valence-corrected chi connectivity index (χ1v) is 6.74. The highest BCUT2D eigenvalue weighted by Crippen LogP contribution is 2.24. The van der Waals surface area contributed by atoms with Crippen molar-refractivity contribution >= 4 is 11.9 Å². The zero-order valence-electron chi connectivity index (χ0n) is 12.9. The molecule has 0 amide bonds. The molecule has 0 unspecified atom stereocenters. The van der Waals surface area contributed by atoms with Crippen LogP contribution in [0.1, 0.15) is 43.2 Å². The Morgan fingerprint density at radius 1 is 0.773 bits per heavy atom. The summed E-state index contributed by atoms with van der Waals surface area (Å²) in [4.78, 5) is 32.8. The second-order valence-corrected chi connectivity index (χ2v) is 5.25. The number of hydrogen-bond acceptors (Lipinski definition) is 5. The Morgan fingerprint density at radius 3 is 2.00 bits per heavy atom. The van der Waals surface area contributed by atoms with Gasteiger partial charge in [-0.2, -0.15) is 0 Å². The van der Waals surface area contributed by atoms with Gasteiger partial charge in [0.15, 0.2) is 0 Å². The van der Waals surface area contributed by atoms with Crippen molar-refractivity contribution in [1.82, 2.24) is 0 Å². The van der Waals surface area contributed by atoms with E-state index < -0.39 is 11.9 Å². The van der Waals surface area contributed by atoms with E-state index in [1.807, 2.05) is 26.0 Å². The number of benzene rings is 1. The molecule has 0 saturated heterocycles. The topological polar surface area (TPSA) is 73.6 Å². The second-order valence-electron chi connectivity index (χ2n) is 5.25. The van der Waals surface area contributed by atoms with Crippen molar-refractivity contribution < 1.29 is 18.7 Å². The van der Waals surface area contributed by atoms with Crippen molar-refractivity contribution in [2.24, 2.45) is 0 Å². The van der Waals surface area contributed by atoms with Crippen LogP contribution in [-0.2, 0) is 4.74 Å². The van der Waals surface area contributed by atoms with Crippen LogP contribution in [0.25, 0.3) is 0 Å². The van der Waals surface area contributed by atoms with E-state index in [1.54, 1.807) is 19.9 Å². The summed E-state index contributed by atoms with van der Waals surface area (Å²) in [6, 6.07) is 6.82. The number of carbonyl (C=O) groups is 2. The molecule has 0 saturated carbocycles. The maximum atomic E-state index is 11.2. The van der Waals surface area contributed by atoms with E-state index in [0.29, 0.717) is 16.9 Å². The van der Waals surface area contributed by atoms with Crippen molar-refractivity contribution in [2.45, 2.75) is 27.7 Å². The molecule has 0 aliphatic carbocycles. The lowest BCUT2D eigenvalue weighted by Gasteiger charge is -1.99. The Kier molecular flexibility index (Phi) is 4.26. The minimum Gasteiger partial charge on any atom is -0.428 e. The summed E-state index contributed by atoms with van der Waals surface area (Å²) in [6.45, 7) is 7.30. The van der Waals surface area contributed by atoms with Crippen molar-refractivity contribution in [2.75, 3.05) is 0 Å². The monoisotopic (exact) mass is 300 g/mol. The first-order valence-electron chi connectivity index (χ1n) is 6.74. The predicted octanol–water partition coefficient (Wildman–Crippen LogP) is 2.87. The van der Waals surface area contributed by atoms with E-state index in [1.165, 1.54) is 6.07 Å². The smallest absolute Gasteiger partial charge is 0.347 e. The maximum Gasteiger partial charge on any atom is 0.347 e. The van der Waals surface area contributed by atoms with E-state index in [-0.39, 0.29) is 5.63 Å². The lowest BCUT2D eigenvalue weighted by molar-refractivity contribution is 0.0443. The number of esters is 2. The van der Waals surface area contributed by atoms with Crippen LogP contribution in [0, 0.1) is 27.7 Å². The van der Waals surface area contributed by atoms with Crippen LogP contribution < -0.4 is 5.63 Å². The minimum atomic E-state index is -0.535. The third-order valence-electron chi connectivity index (χ3n) is 3.13. The Morgan fingerprint density at radius 2 is 1.41 bits per heavy atom. The number of hydrogen-bond donors (Lipinski definition) is 0. The molecule has 0 N–H and O–H groups in total. The highest BCUT2D eigenvalue weighted by Gasteiger charge is 2.31. The SMILES string of the molecule is Cc1cc(C)c2c(c1)C(=O)OC2=O.Cc1cc(C)oc(=O)c1. The molecule has 0 spiro atoms.